The van der Waals surface area contributed by atoms with Gasteiger partial charge >= 0.3 is 35.2 Å². The normalized spacial score (nSPS) is 19.6. The van der Waals surface area contributed by atoms with E-state index in [0.29, 0.717) is 18.6 Å². The van der Waals surface area contributed by atoms with E-state index in [1.54, 1.807) is 0 Å². The van der Waals surface area contributed by atoms with Gasteiger partial charge in [0.05, 0.1) is 37.6 Å². The van der Waals surface area contributed by atoms with Crippen molar-refractivity contribution < 1.29 is 62.3 Å². The third-order valence-electron chi connectivity index (χ3n) is 9.12. The molecule has 1 aromatic heterocycles. The summed E-state index contributed by atoms with van der Waals surface area (Å²) in [5.41, 5.74) is 8.05. The molecule has 1 aliphatic heterocycles. The summed E-state index contributed by atoms with van der Waals surface area (Å²) in [5.74, 6) is 0. The van der Waals surface area contributed by atoms with E-state index in [9.17, 15) is 19.0 Å². The molecule has 6 atom stereocenters. The number of hydrogen-bond donors (Lipinski definition) is 1. The molecule has 16 heteroatoms. The fourth-order valence-corrected chi connectivity index (χ4v) is 6.82. The van der Waals surface area contributed by atoms with Crippen molar-refractivity contribution in [3.05, 3.63) is 43.0 Å². The van der Waals surface area contributed by atoms with E-state index in [1.807, 2.05) is 6.92 Å². The number of H-pyrrole nitrogens is 1. The van der Waals surface area contributed by atoms with Gasteiger partial charge in [-0.15, -0.1) is 0 Å². The van der Waals surface area contributed by atoms with Crippen molar-refractivity contribution in [3.8, 4) is 0 Å². The summed E-state index contributed by atoms with van der Waals surface area (Å²) in [6, 6.07) is -0.800. The van der Waals surface area contributed by atoms with Crippen LogP contribution in [-0.4, -0.2) is 60.3 Å². The van der Waals surface area contributed by atoms with E-state index in [0.717, 1.165) is 25.9 Å². The second-order valence-electron chi connectivity index (χ2n) is 13.4. The Morgan fingerprint density at radius 1 is 0.941 bits per heavy atom. The molecule has 0 aliphatic carbocycles. The van der Waals surface area contributed by atoms with Crippen LogP contribution in [0.3, 0.4) is 0 Å². The molecule has 0 amide bonds. The summed E-state index contributed by atoms with van der Waals surface area (Å²) < 4.78 is 41.9. The van der Waals surface area contributed by atoms with E-state index >= 15 is 0 Å². The maximum Gasteiger partial charge on any atom is 1.00 e. The number of azide groups is 1. The minimum absolute atomic E-state index is 0. The number of aromatic amines is 1. The van der Waals surface area contributed by atoms with Crippen molar-refractivity contribution in [2.45, 2.75) is 174 Å². The quantitative estimate of drug-likeness (QED) is 0.0288. The van der Waals surface area contributed by atoms with Gasteiger partial charge in [0, 0.05) is 36.3 Å². The number of aromatic nitrogens is 2. The van der Waals surface area contributed by atoms with E-state index in [1.165, 1.54) is 101 Å². The Morgan fingerprint density at radius 3 is 2.16 bits per heavy atom. The Bertz CT molecular complexity index is 1280. The molecule has 0 bridgehead atoms. The number of hydrogen-bond acceptors (Lipinski definition) is 10. The van der Waals surface area contributed by atoms with Crippen LogP contribution in [0.15, 0.2) is 20.9 Å². The van der Waals surface area contributed by atoms with Crippen LogP contribution in [-0.2, 0) is 27.8 Å². The molecular weight excluding hydrogens is 688 g/mol. The molecule has 0 aromatic carbocycles. The summed E-state index contributed by atoms with van der Waals surface area (Å²) in [6.07, 6.45) is 19.4. The molecule has 3 unspecified atom stereocenters. The van der Waals surface area contributed by atoms with Crippen LogP contribution in [0.2, 0.25) is 0 Å². The van der Waals surface area contributed by atoms with Gasteiger partial charge in [-0.25, -0.2) is 4.79 Å². The molecule has 14 nitrogen and oxygen atoms in total. The molecule has 51 heavy (non-hydrogen) atoms. The summed E-state index contributed by atoms with van der Waals surface area (Å²) in [7, 11) is -4.71. The van der Waals surface area contributed by atoms with Gasteiger partial charge in [0.15, 0.2) is 0 Å². The van der Waals surface area contributed by atoms with Crippen molar-refractivity contribution in [3.63, 3.8) is 0 Å². The summed E-state index contributed by atoms with van der Waals surface area (Å²) in [4.78, 5) is 41.5. The molecule has 2 rings (SSSR count). The minimum atomic E-state index is -4.71. The Hall–Kier alpha value is -1.02. The fraction of sp³-hybridized carbons (Fsp3) is 0.886. The molecule has 1 fully saturated rings. The van der Waals surface area contributed by atoms with Gasteiger partial charge in [-0.1, -0.05) is 109 Å². The fourth-order valence-electron chi connectivity index (χ4n) is 6.06. The second kappa shape index (κ2) is 28.4. The van der Waals surface area contributed by atoms with Gasteiger partial charge in [-0.05, 0) is 38.6 Å². The Morgan fingerprint density at radius 2 is 1.53 bits per heavy atom. The zero-order valence-electron chi connectivity index (χ0n) is 31.9. The van der Waals surface area contributed by atoms with Gasteiger partial charge in [0.2, 0.25) is 0 Å². The van der Waals surface area contributed by atoms with Gasteiger partial charge in [-0.2, -0.15) is 0 Å². The molecule has 2 heterocycles. The van der Waals surface area contributed by atoms with Crippen LogP contribution in [0.1, 0.15) is 148 Å². The van der Waals surface area contributed by atoms with Crippen LogP contribution in [0.4, 0.5) is 0 Å². The number of nitrogens with zero attached hydrogens (tertiary/aromatic N) is 4. The largest absolute Gasteiger partial charge is 1.00 e. The molecule has 1 aromatic rings. The molecule has 1 aliphatic rings. The Balaban J connectivity index is 0.0000130. The van der Waals surface area contributed by atoms with E-state index in [-0.39, 0.29) is 54.8 Å². The SMILES string of the molecule is CCCCCCCCCCCCOC(CCCCCCC)C(C)OCCCOP(=O)([O-])OC[C@H]1O[C@@H](n2cc(C)c(=O)[nH]c2=O)C[C@@H]1N=[N+]=[N-].[Na+]. The van der Waals surface area contributed by atoms with Gasteiger partial charge in [-0.3, -0.25) is 18.9 Å². The molecule has 0 spiro atoms. The first kappa shape index (κ1) is 48.0. The molecule has 1 N–H and O–H groups in total. The van der Waals surface area contributed by atoms with E-state index in [4.69, 9.17) is 28.8 Å². The topological polar surface area (TPSA) is 190 Å². The van der Waals surface area contributed by atoms with Crippen molar-refractivity contribution in [2.75, 3.05) is 26.4 Å². The van der Waals surface area contributed by atoms with Gasteiger partial charge < -0.3 is 28.2 Å². The average Bonchev–Trinajstić information content (AvgIpc) is 3.49. The van der Waals surface area contributed by atoms with Crippen molar-refractivity contribution in [1.29, 1.82) is 0 Å². The van der Waals surface area contributed by atoms with Crippen molar-refractivity contribution in [2.24, 2.45) is 5.11 Å². The van der Waals surface area contributed by atoms with E-state index in [2.05, 4.69) is 28.9 Å². The average molecular weight is 752 g/mol. The summed E-state index contributed by atoms with van der Waals surface area (Å²) in [5, 5.41) is 3.68. The van der Waals surface area contributed by atoms with Crippen LogP contribution < -0.4 is 45.7 Å². The minimum Gasteiger partial charge on any atom is -0.756 e. The van der Waals surface area contributed by atoms with Crippen LogP contribution in [0.5, 0.6) is 0 Å². The third kappa shape index (κ3) is 20.3. The number of unbranched alkanes of at least 4 members (excludes halogenated alkanes) is 13. The number of ether oxygens (including phenoxy) is 3. The molecule has 288 valence electrons. The zero-order valence-corrected chi connectivity index (χ0v) is 34.8. The first-order valence-corrected chi connectivity index (χ1v) is 20.4. The monoisotopic (exact) mass is 751 g/mol. The molecule has 1 saturated heterocycles. The number of phosphoric ester groups is 1. The first-order valence-electron chi connectivity index (χ1n) is 19.0. The number of nitrogens with one attached hydrogen (secondary N) is 1. The zero-order chi connectivity index (χ0) is 36.6. The Labute approximate surface area is 326 Å². The predicted molar refractivity (Wildman–Crippen MR) is 192 cm³/mol. The summed E-state index contributed by atoms with van der Waals surface area (Å²) in [6.45, 7) is 8.42. The van der Waals surface area contributed by atoms with Crippen LogP contribution >= 0.6 is 7.82 Å². The number of phosphoric acid groups is 1. The third-order valence-corrected chi connectivity index (χ3v) is 10.1. The molecule has 0 saturated carbocycles. The molecule has 0 radical (unpaired) electrons. The van der Waals surface area contributed by atoms with Crippen molar-refractivity contribution >= 4 is 7.82 Å². The van der Waals surface area contributed by atoms with Crippen molar-refractivity contribution in [1.82, 2.24) is 9.55 Å². The van der Waals surface area contributed by atoms with Crippen LogP contribution in [0, 0.1) is 6.92 Å². The molecular formula is C35H63N5NaO9P. The smallest absolute Gasteiger partial charge is 0.756 e. The first-order chi connectivity index (χ1) is 24.1. The number of rotatable bonds is 30. The van der Waals surface area contributed by atoms with E-state index < -0.39 is 44.1 Å². The summed E-state index contributed by atoms with van der Waals surface area (Å²) >= 11 is 0. The number of aryl methyl sites for hydroxylation is 1. The maximum atomic E-state index is 12.5. The van der Waals surface area contributed by atoms with Gasteiger partial charge in [0.25, 0.3) is 13.4 Å². The maximum absolute atomic E-state index is 12.5. The predicted octanol–water partition coefficient (Wildman–Crippen LogP) is 4.78. The Kier molecular flexibility index (Phi) is 26.8. The van der Waals surface area contributed by atoms with Gasteiger partial charge in [0.1, 0.15) is 6.23 Å². The standard InChI is InChI=1S/C35H64N5O9P.Na/c1-5-7-9-11-12-13-14-15-17-19-22-46-31(21-18-16-10-8-6-2)29(4)45-23-20-24-47-50(43,44)48-27-32-30(38-39-36)25-33(49-32)40-26-28(3)34(41)37-35(40)42;/h26,29-33H,5-25,27H2,1-4H3,(H,43,44)(H,37,41,42);/q;+1/p-1/t29?,30-,31?,32+,33+;/m0./s1. The second-order valence-corrected chi connectivity index (χ2v) is 14.8. The van der Waals surface area contributed by atoms with Crippen LogP contribution in [0.25, 0.3) is 10.4 Å².